The summed E-state index contributed by atoms with van der Waals surface area (Å²) < 4.78 is 12.3. The van der Waals surface area contributed by atoms with Gasteiger partial charge in [0.05, 0.1) is 5.02 Å². The molecular formula is C11H12ClFO2S. The zero-order valence-electron chi connectivity index (χ0n) is 9.17. The highest BCUT2D eigenvalue weighted by Crippen LogP contribution is 2.38. The van der Waals surface area contributed by atoms with E-state index in [2.05, 4.69) is 0 Å². The molecule has 0 radical (unpaired) electrons. The highest BCUT2D eigenvalue weighted by Gasteiger charge is 2.29. The molecule has 0 spiro atoms. The molecular weight excluding hydrogens is 251 g/mol. The molecule has 0 aliphatic rings. The number of hydrogen-bond acceptors (Lipinski definition) is 2. The summed E-state index contributed by atoms with van der Waals surface area (Å²) in [6.07, 6.45) is 0. The van der Waals surface area contributed by atoms with Gasteiger partial charge in [0.1, 0.15) is 10.6 Å². The van der Waals surface area contributed by atoms with Crippen LogP contribution >= 0.6 is 23.4 Å². The minimum absolute atomic E-state index is 0.373. The van der Waals surface area contributed by atoms with Gasteiger partial charge in [0.15, 0.2) is 0 Å². The lowest BCUT2D eigenvalue weighted by atomic mass is 10.2. The Morgan fingerprint density at radius 3 is 2.56 bits per heavy atom. The molecule has 0 bridgehead atoms. The summed E-state index contributed by atoms with van der Waals surface area (Å²) in [5, 5.41) is 9.33. The molecule has 1 rings (SSSR count). The van der Waals surface area contributed by atoms with Crippen LogP contribution < -0.4 is 0 Å². The van der Waals surface area contributed by atoms with E-state index in [-0.39, 0.29) is 5.82 Å². The van der Waals surface area contributed by atoms with Crippen molar-refractivity contribution in [2.75, 3.05) is 0 Å². The van der Waals surface area contributed by atoms with Crippen molar-refractivity contribution in [3.8, 4) is 0 Å². The molecule has 0 saturated carbocycles. The zero-order valence-corrected chi connectivity index (χ0v) is 10.7. The Hall–Kier alpha value is -0.740. The van der Waals surface area contributed by atoms with Gasteiger partial charge in [0.2, 0.25) is 0 Å². The van der Waals surface area contributed by atoms with Crippen LogP contribution in [0.1, 0.15) is 19.4 Å². The molecule has 1 aromatic carbocycles. The van der Waals surface area contributed by atoms with E-state index in [4.69, 9.17) is 16.7 Å². The molecule has 0 aromatic heterocycles. The molecule has 0 saturated heterocycles. The van der Waals surface area contributed by atoms with E-state index in [9.17, 15) is 9.18 Å². The van der Waals surface area contributed by atoms with Crippen LogP contribution in [0.2, 0.25) is 5.02 Å². The maximum absolute atomic E-state index is 13.3. The average molecular weight is 263 g/mol. The Kier molecular flexibility index (Phi) is 3.86. The van der Waals surface area contributed by atoms with Gasteiger partial charge in [-0.2, -0.15) is 0 Å². The van der Waals surface area contributed by atoms with Crippen molar-refractivity contribution < 1.29 is 14.3 Å². The van der Waals surface area contributed by atoms with E-state index >= 15 is 0 Å². The van der Waals surface area contributed by atoms with Gasteiger partial charge in [0, 0.05) is 4.90 Å². The molecule has 1 N–H and O–H groups in total. The highest BCUT2D eigenvalue weighted by atomic mass is 35.5. The number of carboxylic acid groups (broad SMARTS) is 1. The maximum Gasteiger partial charge on any atom is 0.319 e. The maximum atomic E-state index is 13.3. The van der Waals surface area contributed by atoms with Gasteiger partial charge in [-0.3, -0.25) is 4.79 Å². The molecule has 88 valence electrons. The van der Waals surface area contributed by atoms with Gasteiger partial charge in [0.25, 0.3) is 0 Å². The number of halogens is 2. The third-order valence-corrected chi connectivity index (χ3v) is 3.76. The van der Waals surface area contributed by atoms with E-state index in [0.717, 1.165) is 11.8 Å². The summed E-state index contributed by atoms with van der Waals surface area (Å²) in [5.41, 5.74) is 0.447. The van der Waals surface area contributed by atoms with Crippen molar-refractivity contribution >= 4 is 29.3 Å². The fourth-order valence-electron chi connectivity index (χ4n) is 1.02. The highest BCUT2D eigenvalue weighted by molar-refractivity contribution is 8.01. The Morgan fingerprint density at radius 1 is 1.50 bits per heavy atom. The van der Waals surface area contributed by atoms with Gasteiger partial charge in [-0.1, -0.05) is 11.6 Å². The molecule has 0 aliphatic heterocycles. The second kappa shape index (κ2) is 4.63. The van der Waals surface area contributed by atoms with Crippen LogP contribution in [0.4, 0.5) is 4.39 Å². The van der Waals surface area contributed by atoms with Crippen molar-refractivity contribution in [1.82, 2.24) is 0 Å². The standard InChI is InChI=1S/C11H12ClFO2S/c1-6-4-7(12)9(5-8(6)13)16-11(2,3)10(14)15/h4-5H,1-3H3,(H,14,15). The number of thioether (sulfide) groups is 1. The molecule has 1 aromatic rings. The Labute approximate surface area is 103 Å². The number of aliphatic carboxylic acids is 1. The first-order chi connectivity index (χ1) is 7.24. The fraction of sp³-hybridized carbons (Fsp3) is 0.364. The predicted octanol–water partition coefficient (Wildman–Crippen LogP) is 3.74. The number of aryl methyl sites for hydroxylation is 1. The largest absolute Gasteiger partial charge is 0.480 e. The number of carbonyl (C=O) groups is 1. The fourth-order valence-corrected chi connectivity index (χ4v) is 2.31. The van der Waals surface area contributed by atoms with Crippen molar-refractivity contribution in [2.24, 2.45) is 0 Å². The van der Waals surface area contributed by atoms with E-state index in [1.807, 2.05) is 0 Å². The third-order valence-electron chi connectivity index (χ3n) is 2.09. The number of hydrogen-bond donors (Lipinski definition) is 1. The third kappa shape index (κ3) is 2.89. The molecule has 0 atom stereocenters. The molecule has 0 aliphatic carbocycles. The molecule has 2 nitrogen and oxygen atoms in total. The Balaban J connectivity index is 3.07. The van der Waals surface area contributed by atoms with E-state index < -0.39 is 10.7 Å². The van der Waals surface area contributed by atoms with Gasteiger partial charge in [-0.05, 0) is 38.5 Å². The van der Waals surface area contributed by atoms with Crippen molar-refractivity contribution in [3.05, 3.63) is 28.5 Å². The second-order valence-corrected chi connectivity index (χ2v) is 6.02. The number of benzene rings is 1. The lowest BCUT2D eigenvalue weighted by Gasteiger charge is -2.19. The summed E-state index contributed by atoms with van der Waals surface area (Å²) >= 11 is 6.96. The number of carboxylic acids is 1. The lowest BCUT2D eigenvalue weighted by molar-refractivity contribution is -0.138. The van der Waals surface area contributed by atoms with Gasteiger partial charge in [-0.25, -0.2) is 4.39 Å². The summed E-state index contributed by atoms with van der Waals surface area (Å²) in [5.74, 6) is -1.34. The Bertz CT molecular complexity index is 432. The van der Waals surface area contributed by atoms with Crippen LogP contribution in [0.3, 0.4) is 0 Å². The Morgan fingerprint density at radius 2 is 2.06 bits per heavy atom. The minimum atomic E-state index is -1.04. The normalized spacial score (nSPS) is 11.6. The van der Waals surface area contributed by atoms with Crippen molar-refractivity contribution in [2.45, 2.75) is 30.4 Å². The van der Waals surface area contributed by atoms with E-state index in [0.29, 0.717) is 15.5 Å². The smallest absolute Gasteiger partial charge is 0.319 e. The summed E-state index contributed by atoms with van der Waals surface area (Å²) in [4.78, 5) is 11.4. The van der Waals surface area contributed by atoms with Crippen LogP contribution in [0.15, 0.2) is 17.0 Å². The lowest BCUT2D eigenvalue weighted by Crippen LogP contribution is -2.26. The molecule has 16 heavy (non-hydrogen) atoms. The monoisotopic (exact) mass is 262 g/mol. The zero-order chi connectivity index (χ0) is 12.5. The van der Waals surface area contributed by atoms with Gasteiger partial charge >= 0.3 is 5.97 Å². The first-order valence-electron chi connectivity index (χ1n) is 4.62. The van der Waals surface area contributed by atoms with Crippen molar-refractivity contribution in [1.29, 1.82) is 0 Å². The first-order valence-corrected chi connectivity index (χ1v) is 5.81. The van der Waals surface area contributed by atoms with Crippen LogP contribution in [-0.2, 0) is 4.79 Å². The summed E-state index contributed by atoms with van der Waals surface area (Å²) in [7, 11) is 0. The summed E-state index contributed by atoms with van der Waals surface area (Å²) in [6.45, 7) is 4.71. The molecule has 0 fully saturated rings. The summed E-state index contributed by atoms with van der Waals surface area (Å²) in [6, 6.07) is 2.77. The predicted molar refractivity (Wildman–Crippen MR) is 63.7 cm³/mol. The topological polar surface area (TPSA) is 37.3 Å². The van der Waals surface area contributed by atoms with E-state index in [1.165, 1.54) is 12.1 Å². The number of rotatable bonds is 3. The minimum Gasteiger partial charge on any atom is -0.480 e. The molecule has 0 amide bonds. The van der Waals surface area contributed by atoms with Crippen LogP contribution in [0.5, 0.6) is 0 Å². The molecule has 0 unspecified atom stereocenters. The second-order valence-electron chi connectivity index (χ2n) is 3.95. The first kappa shape index (κ1) is 13.3. The van der Waals surface area contributed by atoms with E-state index in [1.54, 1.807) is 20.8 Å². The van der Waals surface area contributed by atoms with Crippen LogP contribution in [-0.4, -0.2) is 15.8 Å². The quantitative estimate of drug-likeness (QED) is 0.843. The van der Waals surface area contributed by atoms with Gasteiger partial charge < -0.3 is 5.11 Å². The van der Waals surface area contributed by atoms with Crippen LogP contribution in [0, 0.1) is 12.7 Å². The average Bonchev–Trinajstić information content (AvgIpc) is 2.13. The van der Waals surface area contributed by atoms with Gasteiger partial charge in [-0.15, -0.1) is 11.8 Å². The molecule has 5 heteroatoms. The molecule has 0 heterocycles. The SMILES string of the molecule is Cc1cc(Cl)c(SC(C)(C)C(=O)O)cc1F. The van der Waals surface area contributed by atoms with Crippen molar-refractivity contribution in [3.63, 3.8) is 0 Å². The van der Waals surface area contributed by atoms with Crippen LogP contribution in [0.25, 0.3) is 0 Å².